The maximum atomic E-state index is 11.0. The molecule has 0 spiro atoms. The zero-order valence-electron chi connectivity index (χ0n) is 15.8. The molecule has 3 aromatic carbocycles. The van der Waals surface area contributed by atoms with E-state index in [4.69, 9.17) is 21.7 Å². The molecule has 0 aromatic heterocycles. The van der Waals surface area contributed by atoms with Gasteiger partial charge in [0.15, 0.2) is 0 Å². The minimum atomic E-state index is -0.466. The number of carbonyl (C=O) groups is 1. The molecule has 0 radical (unpaired) electrons. The number of nitrogens with one attached hydrogen (secondary N) is 2. The van der Waals surface area contributed by atoms with Gasteiger partial charge in [-0.2, -0.15) is 0 Å². The van der Waals surface area contributed by atoms with E-state index in [9.17, 15) is 14.9 Å². The van der Waals surface area contributed by atoms with Crippen LogP contribution in [0.25, 0.3) is 0 Å². The fraction of sp³-hybridized carbons (Fsp3) is 0.0476. The Balaban J connectivity index is 1.53. The summed E-state index contributed by atoms with van der Waals surface area (Å²) >= 11 is 5.20. The van der Waals surface area contributed by atoms with Crippen LogP contribution in [0.5, 0.6) is 17.2 Å². The first-order valence-electron chi connectivity index (χ1n) is 8.78. The fourth-order valence-electron chi connectivity index (χ4n) is 2.44. The Hall–Kier alpha value is -3.98. The van der Waals surface area contributed by atoms with Gasteiger partial charge in [-0.15, -0.1) is 0 Å². The van der Waals surface area contributed by atoms with Crippen molar-refractivity contribution in [3.05, 3.63) is 82.9 Å². The molecule has 3 rings (SSSR count). The molecule has 0 heterocycles. The maximum absolute atomic E-state index is 11.0. The Morgan fingerprint density at radius 3 is 1.80 bits per heavy atom. The quantitative estimate of drug-likeness (QED) is 0.322. The summed E-state index contributed by atoms with van der Waals surface area (Å²) in [6.07, 6.45) is 0. The normalized spacial score (nSPS) is 10.0. The van der Waals surface area contributed by atoms with E-state index in [0.29, 0.717) is 28.6 Å². The second-order valence-electron chi connectivity index (χ2n) is 6.10. The first kappa shape index (κ1) is 20.7. The standard InChI is InChI=1S/C21H17N3O5S/c1-14(25)22-15-2-10-20(11-3-15)29-21(30)23-16-4-8-18(9-5-16)28-19-12-6-17(7-13-19)24(26)27/h2-13H,1H3,(H,22,25)(H,23,30). The summed E-state index contributed by atoms with van der Waals surface area (Å²) in [5.74, 6) is 1.43. The van der Waals surface area contributed by atoms with Crippen LogP contribution in [0.2, 0.25) is 0 Å². The van der Waals surface area contributed by atoms with Crippen molar-refractivity contribution in [3.8, 4) is 17.2 Å². The molecule has 0 aliphatic carbocycles. The number of amides is 1. The Morgan fingerprint density at radius 2 is 1.30 bits per heavy atom. The van der Waals surface area contributed by atoms with E-state index in [-0.39, 0.29) is 16.8 Å². The third-order valence-electron chi connectivity index (χ3n) is 3.77. The monoisotopic (exact) mass is 423 g/mol. The Kier molecular flexibility index (Phi) is 6.56. The first-order chi connectivity index (χ1) is 14.4. The van der Waals surface area contributed by atoms with Gasteiger partial charge in [-0.25, -0.2) is 0 Å². The van der Waals surface area contributed by atoms with Crippen LogP contribution in [0, 0.1) is 10.1 Å². The van der Waals surface area contributed by atoms with Crippen LogP contribution in [0.4, 0.5) is 17.1 Å². The molecule has 0 bridgehead atoms. The van der Waals surface area contributed by atoms with Crippen LogP contribution < -0.4 is 20.1 Å². The number of rotatable bonds is 6. The van der Waals surface area contributed by atoms with Gasteiger partial charge in [-0.05, 0) is 72.9 Å². The lowest BCUT2D eigenvalue weighted by Gasteiger charge is -2.11. The summed E-state index contributed by atoms with van der Waals surface area (Å²) in [5, 5.41) is 16.5. The van der Waals surface area contributed by atoms with Gasteiger partial charge in [0.05, 0.1) is 4.92 Å². The highest BCUT2D eigenvalue weighted by molar-refractivity contribution is 7.80. The second-order valence-corrected chi connectivity index (χ2v) is 6.47. The van der Waals surface area contributed by atoms with Gasteiger partial charge in [-0.1, -0.05) is 0 Å². The van der Waals surface area contributed by atoms with Gasteiger partial charge >= 0.3 is 0 Å². The molecule has 30 heavy (non-hydrogen) atoms. The van der Waals surface area contributed by atoms with Crippen molar-refractivity contribution in [2.75, 3.05) is 10.6 Å². The molecule has 0 fully saturated rings. The maximum Gasteiger partial charge on any atom is 0.269 e. The van der Waals surface area contributed by atoms with Crippen molar-refractivity contribution in [2.24, 2.45) is 0 Å². The molecule has 0 saturated carbocycles. The van der Waals surface area contributed by atoms with Gasteiger partial charge in [0.25, 0.3) is 10.9 Å². The molecule has 0 saturated heterocycles. The number of ether oxygens (including phenoxy) is 2. The Labute approximate surface area is 177 Å². The lowest BCUT2D eigenvalue weighted by atomic mass is 10.3. The van der Waals surface area contributed by atoms with E-state index in [0.717, 1.165) is 0 Å². The molecule has 0 aliphatic heterocycles. The van der Waals surface area contributed by atoms with Crippen LogP contribution in [0.15, 0.2) is 72.8 Å². The molecule has 152 valence electrons. The molecule has 9 heteroatoms. The van der Waals surface area contributed by atoms with Crippen LogP contribution in [0.1, 0.15) is 6.92 Å². The molecule has 8 nitrogen and oxygen atoms in total. The van der Waals surface area contributed by atoms with E-state index in [2.05, 4.69) is 10.6 Å². The lowest BCUT2D eigenvalue weighted by Crippen LogP contribution is -2.16. The van der Waals surface area contributed by atoms with E-state index in [1.165, 1.54) is 31.2 Å². The molecular formula is C21H17N3O5S. The minimum Gasteiger partial charge on any atom is -0.457 e. The predicted molar refractivity (Wildman–Crippen MR) is 117 cm³/mol. The summed E-state index contributed by atoms with van der Waals surface area (Å²) in [4.78, 5) is 21.3. The van der Waals surface area contributed by atoms with Crippen LogP contribution in [0.3, 0.4) is 0 Å². The average Bonchev–Trinajstić information content (AvgIpc) is 2.71. The smallest absolute Gasteiger partial charge is 0.269 e. The van der Waals surface area contributed by atoms with Crippen molar-refractivity contribution < 1.29 is 19.2 Å². The Morgan fingerprint density at radius 1 is 0.833 bits per heavy atom. The topological polar surface area (TPSA) is 103 Å². The minimum absolute atomic E-state index is 0.000153. The zero-order valence-corrected chi connectivity index (χ0v) is 16.6. The molecule has 0 unspecified atom stereocenters. The number of hydrogen-bond acceptors (Lipinski definition) is 6. The molecule has 3 aromatic rings. The van der Waals surface area contributed by atoms with E-state index >= 15 is 0 Å². The third kappa shape index (κ3) is 6.01. The number of nitro benzene ring substituents is 1. The fourth-order valence-corrected chi connectivity index (χ4v) is 2.65. The summed E-state index contributed by atoms with van der Waals surface area (Å²) in [7, 11) is 0. The summed E-state index contributed by atoms with van der Waals surface area (Å²) in [6, 6.07) is 19.6. The van der Waals surface area contributed by atoms with Gasteiger partial charge in [0, 0.05) is 30.4 Å². The Bertz CT molecular complexity index is 1050. The first-order valence-corrected chi connectivity index (χ1v) is 9.19. The lowest BCUT2D eigenvalue weighted by molar-refractivity contribution is -0.384. The molecule has 0 aliphatic rings. The van der Waals surface area contributed by atoms with Gasteiger partial charge < -0.3 is 20.1 Å². The number of nitrogens with zero attached hydrogens (tertiary/aromatic N) is 1. The number of thiocarbonyl (C=S) groups is 1. The van der Waals surface area contributed by atoms with Crippen LogP contribution in [-0.2, 0) is 4.79 Å². The van der Waals surface area contributed by atoms with E-state index in [1.807, 2.05) is 0 Å². The third-order valence-corrected chi connectivity index (χ3v) is 3.95. The number of hydrogen-bond donors (Lipinski definition) is 2. The highest BCUT2D eigenvalue weighted by Gasteiger charge is 2.06. The van der Waals surface area contributed by atoms with Crippen molar-refractivity contribution in [1.82, 2.24) is 0 Å². The largest absolute Gasteiger partial charge is 0.457 e. The summed E-state index contributed by atoms with van der Waals surface area (Å²) in [6.45, 7) is 1.44. The summed E-state index contributed by atoms with van der Waals surface area (Å²) in [5.41, 5.74) is 1.36. The molecule has 1 amide bonds. The number of non-ortho nitro benzene ring substituents is 1. The average molecular weight is 423 g/mol. The van der Waals surface area contributed by atoms with E-state index < -0.39 is 4.92 Å². The highest BCUT2D eigenvalue weighted by Crippen LogP contribution is 2.25. The van der Waals surface area contributed by atoms with Crippen molar-refractivity contribution >= 4 is 40.4 Å². The molecule has 0 atom stereocenters. The van der Waals surface area contributed by atoms with Crippen molar-refractivity contribution in [2.45, 2.75) is 6.92 Å². The second kappa shape index (κ2) is 9.48. The number of nitro groups is 1. The van der Waals surface area contributed by atoms with Crippen molar-refractivity contribution in [3.63, 3.8) is 0 Å². The number of carbonyl (C=O) groups excluding carboxylic acids is 1. The van der Waals surface area contributed by atoms with Crippen molar-refractivity contribution in [1.29, 1.82) is 0 Å². The molecule has 2 N–H and O–H groups in total. The zero-order chi connectivity index (χ0) is 21.5. The van der Waals surface area contributed by atoms with Crippen LogP contribution >= 0.6 is 12.2 Å². The highest BCUT2D eigenvalue weighted by atomic mass is 32.1. The van der Waals surface area contributed by atoms with Gasteiger partial charge in [0.2, 0.25) is 5.91 Å². The van der Waals surface area contributed by atoms with Gasteiger partial charge in [0.1, 0.15) is 17.2 Å². The number of anilines is 2. The summed E-state index contributed by atoms with van der Waals surface area (Å²) < 4.78 is 11.2. The van der Waals surface area contributed by atoms with Gasteiger partial charge in [-0.3, -0.25) is 14.9 Å². The van der Waals surface area contributed by atoms with Crippen LogP contribution in [-0.4, -0.2) is 16.0 Å². The predicted octanol–water partition coefficient (Wildman–Crippen LogP) is 5.12. The molecular weight excluding hydrogens is 406 g/mol. The van der Waals surface area contributed by atoms with E-state index in [1.54, 1.807) is 48.5 Å². The SMILES string of the molecule is CC(=O)Nc1ccc(OC(=S)Nc2ccc(Oc3ccc([N+](=O)[O-])cc3)cc2)cc1. The number of benzene rings is 3.